The molecule has 2 heterocycles. The van der Waals surface area contributed by atoms with E-state index in [0.29, 0.717) is 12.1 Å². The zero-order valence-corrected chi connectivity index (χ0v) is 10.2. The van der Waals surface area contributed by atoms with Crippen LogP contribution in [0.4, 0.5) is 0 Å². The van der Waals surface area contributed by atoms with Gasteiger partial charge in [0, 0.05) is 17.1 Å². The number of fused-ring (bicyclic) bond motifs is 2. The van der Waals surface area contributed by atoms with E-state index in [1.165, 1.54) is 24.0 Å². The first-order valence-corrected chi connectivity index (χ1v) is 6.33. The number of hydrogen-bond donors (Lipinski definition) is 1. The average Bonchev–Trinajstić information content (AvgIpc) is 2.62. The van der Waals surface area contributed by atoms with Gasteiger partial charge in [0.05, 0.1) is 0 Å². The van der Waals surface area contributed by atoms with Gasteiger partial charge in [-0.25, -0.2) is 0 Å². The Hall–Kier alpha value is -0.790. The van der Waals surface area contributed by atoms with Crippen LogP contribution in [0.5, 0.6) is 0 Å². The van der Waals surface area contributed by atoms with Gasteiger partial charge in [-0.05, 0) is 49.0 Å². The summed E-state index contributed by atoms with van der Waals surface area (Å²) in [5.74, 6) is 0. The molecule has 2 aliphatic heterocycles. The smallest absolute Gasteiger partial charge is 0.0441 e. The molecule has 1 nitrogen and oxygen atoms in total. The molecule has 3 rings (SSSR count). The fourth-order valence-corrected chi connectivity index (χ4v) is 2.91. The molecule has 1 aromatic carbocycles. The lowest BCUT2D eigenvalue weighted by atomic mass is 9.95. The van der Waals surface area contributed by atoms with E-state index in [4.69, 9.17) is 11.6 Å². The summed E-state index contributed by atoms with van der Waals surface area (Å²) in [6, 6.07) is 7.69. The molecule has 2 unspecified atom stereocenters. The topological polar surface area (TPSA) is 12.0 Å². The molecule has 1 fully saturated rings. The van der Waals surface area contributed by atoms with Crippen molar-refractivity contribution in [1.82, 2.24) is 5.32 Å². The highest BCUT2D eigenvalue weighted by molar-refractivity contribution is 6.31. The molecule has 0 aromatic heterocycles. The Morgan fingerprint density at radius 1 is 1.31 bits per heavy atom. The van der Waals surface area contributed by atoms with Crippen molar-refractivity contribution in [3.8, 4) is 0 Å². The van der Waals surface area contributed by atoms with E-state index >= 15 is 0 Å². The molecule has 1 N–H and O–H groups in total. The van der Waals surface area contributed by atoms with Crippen molar-refractivity contribution in [3.05, 3.63) is 40.4 Å². The summed E-state index contributed by atoms with van der Waals surface area (Å²) in [6.07, 6.45) is 6.12. The maximum atomic E-state index is 6.18. The number of benzene rings is 1. The molecule has 84 valence electrons. The van der Waals surface area contributed by atoms with Gasteiger partial charge in [0.15, 0.2) is 0 Å². The molecule has 2 heteroatoms. The van der Waals surface area contributed by atoms with E-state index < -0.39 is 0 Å². The largest absolute Gasteiger partial charge is 0.307 e. The molecular weight excluding hydrogens is 218 g/mol. The highest BCUT2D eigenvalue weighted by Crippen LogP contribution is 2.33. The summed E-state index contributed by atoms with van der Waals surface area (Å²) < 4.78 is 0. The maximum Gasteiger partial charge on any atom is 0.0441 e. The molecular formula is C14H16ClN. The third-order valence-corrected chi connectivity index (χ3v) is 4.09. The van der Waals surface area contributed by atoms with Crippen molar-refractivity contribution in [3.63, 3.8) is 0 Å². The first-order valence-electron chi connectivity index (χ1n) is 5.95. The van der Waals surface area contributed by atoms with Gasteiger partial charge in [0.1, 0.15) is 0 Å². The Bertz CT molecular complexity index is 450. The van der Waals surface area contributed by atoms with Crippen LogP contribution < -0.4 is 5.32 Å². The van der Waals surface area contributed by atoms with E-state index in [1.54, 1.807) is 0 Å². The van der Waals surface area contributed by atoms with E-state index in [0.717, 1.165) is 17.0 Å². The van der Waals surface area contributed by atoms with Gasteiger partial charge in [0.2, 0.25) is 0 Å². The van der Waals surface area contributed by atoms with E-state index in [-0.39, 0.29) is 0 Å². The molecule has 1 aromatic rings. The molecule has 0 aliphatic carbocycles. The minimum atomic E-state index is 0.592. The molecule has 1 saturated heterocycles. The Morgan fingerprint density at radius 2 is 2.19 bits per heavy atom. The first-order chi connectivity index (χ1) is 7.72. The zero-order valence-electron chi connectivity index (χ0n) is 9.46. The number of halogens is 1. The number of aryl methyl sites for hydroxylation is 1. The highest BCUT2D eigenvalue weighted by Gasteiger charge is 2.28. The van der Waals surface area contributed by atoms with Crippen LogP contribution in [0.25, 0.3) is 5.57 Å². The predicted molar refractivity (Wildman–Crippen MR) is 68.7 cm³/mol. The fraction of sp³-hybridized carbons (Fsp3) is 0.429. The number of hydrogen-bond acceptors (Lipinski definition) is 1. The standard InChI is InChI=1S/C14H16ClN/c1-9-2-3-10(8-14(9)15)11-6-12-4-5-13(7-11)16-12/h2-3,6,8,12-13,16H,4-5,7H2,1H3. The van der Waals surface area contributed by atoms with Crippen molar-refractivity contribution >= 4 is 17.2 Å². The first kappa shape index (κ1) is 10.4. The average molecular weight is 234 g/mol. The second kappa shape index (κ2) is 3.90. The molecule has 16 heavy (non-hydrogen) atoms. The van der Waals surface area contributed by atoms with Crippen molar-refractivity contribution in [2.45, 2.75) is 38.3 Å². The van der Waals surface area contributed by atoms with Crippen LogP contribution in [-0.4, -0.2) is 12.1 Å². The lowest BCUT2D eigenvalue weighted by Crippen LogP contribution is -2.31. The molecule has 0 spiro atoms. The lowest BCUT2D eigenvalue weighted by Gasteiger charge is -2.21. The van der Waals surface area contributed by atoms with Crippen LogP contribution in [0.15, 0.2) is 24.3 Å². The number of nitrogens with one attached hydrogen (secondary N) is 1. The molecule has 0 amide bonds. The van der Waals surface area contributed by atoms with Crippen LogP contribution in [0, 0.1) is 6.92 Å². The van der Waals surface area contributed by atoms with Gasteiger partial charge in [-0.15, -0.1) is 0 Å². The van der Waals surface area contributed by atoms with Crippen LogP contribution in [0.1, 0.15) is 30.4 Å². The van der Waals surface area contributed by atoms with Crippen molar-refractivity contribution < 1.29 is 0 Å². The monoisotopic (exact) mass is 233 g/mol. The minimum absolute atomic E-state index is 0.592. The summed E-state index contributed by atoms with van der Waals surface area (Å²) in [7, 11) is 0. The minimum Gasteiger partial charge on any atom is -0.307 e. The molecule has 2 bridgehead atoms. The van der Waals surface area contributed by atoms with E-state index in [2.05, 4.69) is 29.6 Å². The van der Waals surface area contributed by atoms with E-state index in [9.17, 15) is 0 Å². The van der Waals surface area contributed by atoms with Gasteiger partial charge < -0.3 is 5.32 Å². The summed E-state index contributed by atoms with van der Waals surface area (Å²) in [4.78, 5) is 0. The van der Waals surface area contributed by atoms with Crippen molar-refractivity contribution in [1.29, 1.82) is 0 Å². The van der Waals surface area contributed by atoms with Gasteiger partial charge in [0.25, 0.3) is 0 Å². The van der Waals surface area contributed by atoms with Crippen LogP contribution in [0.2, 0.25) is 5.02 Å². The zero-order chi connectivity index (χ0) is 11.1. The van der Waals surface area contributed by atoms with Crippen molar-refractivity contribution in [2.24, 2.45) is 0 Å². The molecule has 0 saturated carbocycles. The highest BCUT2D eigenvalue weighted by atomic mass is 35.5. The predicted octanol–water partition coefficient (Wildman–Crippen LogP) is 3.56. The molecule has 2 atom stereocenters. The van der Waals surface area contributed by atoms with Gasteiger partial charge >= 0.3 is 0 Å². The third-order valence-electron chi connectivity index (χ3n) is 3.69. The third kappa shape index (κ3) is 1.79. The normalized spacial score (nSPS) is 28.0. The Balaban J connectivity index is 1.95. The Labute approximate surface area is 102 Å². The van der Waals surface area contributed by atoms with Gasteiger partial charge in [-0.2, -0.15) is 0 Å². The Kier molecular flexibility index (Phi) is 2.53. The molecule has 0 radical (unpaired) electrons. The second-order valence-electron chi connectivity index (χ2n) is 4.91. The van der Waals surface area contributed by atoms with Gasteiger partial charge in [-0.3, -0.25) is 0 Å². The van der Waals surface area contributed by atoms with Crippen LogP contribution in [0.3, 0.4) is 0 Å². The summed E-state index contributed by atoms with van der Waals surface area (Å²) in [5, 5.41) is 4.49. The van der Waals surface area contributed by atoms with Crippen LogP contribution in [-0.2, 0) is 0 Å². The Morgan fingerprint density at radius 3 is 2.94 bits per heavy atom. The molecule has 2 aliphatic rings. The summed E-state index contributed by atoms with van der Waals surface area (Å²) >= 11 is 6.18. The maximum absolute atomic E-state index is 6.18. The SMILES string of the molecule is Cc1ccc(C2=CC3CCC(C2)N3)cc1Cl. The van der Waals surface area contributed by atoms with Crippen LogP contribution >= 0.6 is 11.6 Å². The quantitative estimate of drug-likeness (QED) is 0.782. The van der Waals surface area contributed by atoms with E-state index in [1.807, 2.05) is 6.92 Å². The fourth-order valence-electron chi connectivity index (χ4n) is 2.73. The van der Waals surface area contributed by atoms with Gasteiger partial charge in [-0.1, -0.05) is 29.8 Å². The lowest BCUT2D eigenvalue weighted by molar-refractivity contribution is 0.575. The summed E-state index contributed by atoms with van der Waals surface area (Å²) in [6.45, 7) is 2.05. The second-order valence-corrected chi connectivity index (χ2v) is 5.31. The summed E-state index contributed by atoms with van der Waals surface area (Å²) in [5.41, 5.74) is 3.92. The number of rotatable bonds is 1. The van der Waals surface area contributed by atoms with Crippen molar-refractivity contribution in [2.75, 3.05) is 0 Å².